The van der Waals surface area contributed by atoms with Gasteiger partial charge in [0.05, 0.1) is 4.88 Å². The summed E-state index contributed by atoms with van der Waals surface area (Å²) < 4.78 is 13.6. The van der Waals surface area contributed by atoms with Crippen LogP contribution in [0, 0.1) is 12.7 Å². The average Bonchev–Trinajstić information content (AvgIpc) is 3.47. The number of nitrogens with one attached hydrogen (secondary N) is 1. The minimum atomic E-state index is -0.860. The van der Waals surface area contributed by atoms with E-state index in [1.165, 1.54) is 28.4 Å². The van der Waals surface area contributed by atoms with E-state index in [1.54, 1.807) is 24.3 Å². The molecular formula is C25H25FN2O2S. The lowest BCUT2D eigenvalue weighted by Gasteiger charge is -2.32. The van der Waals surface area contributed by atoms with Gasteiger partial charge in [0, 0.05) is 11.7 Å². The largest absolute Gasteiger partial charge is 0.351 e. The quantitative estimate of drug-likeness (QED) is 0.543. The van der Waals surface area contributed by atoms with E-state index in [-0.39, 0.29) is 17.9 Å². The van der Waals surface area contributed by atoms with Crippen molar-refractivity contribution in [2.45, 2.75) is 44.7 Å². The Balaban J connectivity index is 1.79. The molecule has 2 aromatic carbocycles. The number of amides is 2. The molecule has 1 aliphatic carbocycles. The lowest BCUT2D eigenvalue weighted by Crippen LogP contribution is -2.46. The summed E-state index contributed by atoms with van der Waals surface area (Å²) in [6, 6.07) is 16.1. The molecule has 0 radical (unpaired) electrons. The third-order valence-corrected chi connectivity index (χ3v) is 6.51. The predicted molar refractivity (Wildman–Crippen MR) is 122 cm³/mol. The molecule has 0 bridgehead atoms. The van der Waals surface area contributed by atoms with Crippen molar-refractivity contribution in [3.05, 3.63) is 87.9 Å². The summed E-state index contributed by atoms with van der Waals surface area (Å²) >= 11 is 1.32. The summed E-state index contributed by atoms with van der Waals surface area (Å²) in [6.07, 6.45) is 4.08. The summed E-state index contributed by atoms with van der Waals surface area (Å²) in [7, 11) is 0. The SMILES string of the molecule is Cc1ccc(C(C(=O)NC2CCCC2)N(C(=O)c2cccs2)c2ccc(F)cc2)cc1. The molecule has 3 aromatic rings. The molecule has 1 aliphatic rings. The van der Waals surface area contributed by atoms with Crippen LogP contribution in [0.15, 0.2) is 66.0 Å². The van der Waals surface area contributed by atoms with Crippen molar-refractivity contribution in [1.82, 2.24) is 5.32 Å². The van der Waals surface area contributed by atoms with Crippen LogP contribution in [0.5, 0.6) is 0 Å². The van der Waals surface area contributed by atoms with Gasteiger partial charge in [0.15, 0.2) is 0 Å². The topological polar surface area (TPSA) is 49.4 Å². The number of hydrogen-bond donors (Lipinski definition) is 1. The number of thiophene rings is 1. The van der Waals surface area contributed by atoms with E-state index >= 15 is 0 Å². The van der Waals surface area contributed by atoms with Crippen LogP contribution in [-0.4, -0.2) is 17.9 Å². The van der Waals surface area contributed by atoms with Crippen LogP contribution < -0.4 is 10.2 Å². The highest BCUT2D eigenvalue weighted by molar-refractivity contribution is 7.12. The van der Waals surface area contributed by atoms with Crippen LogP contribution in [0.4, 0.5) is 10.1 Å². The molecule has 1 atom stereocenters. The molecule has 31 heavy (non-hydrogen) atoms. The Morgan fingerprint density at radius 1 is 1.03 bits per heavy atom. The minimum Gasteiger partial charge on any atom is -0.351 e. The van der Waals surface area contributed by atoms with Crippen molar-refractivity contribution in [1.29, 1.82) is 0 Å². The average molecular weight is 437 g/mol. The fourth-order valence-corrected chi connectivity index (χ4v) is 4.68. The maximum atomic E-state index is 13.6. The first kappa shape index (κ1) is 21.2. The number of aryl methyl sites for hydroxylation is 1. The third kappa shape index (κ3) is 4.85. The van der Waals surface area contributed by atoms with Gasteiger partial charge < -0.3 is 5.32 Å². The van der Waals surface area contributed by atoms with Crippen molar-refractivity contribution in [2.24, 2.45) is 0 Å². The van der Waals surface area contributed by atoms with Crippen LogP contribution in [0.2, 0.25) is 0 Å². The Labute approximate surface area is 185 Å². The highest BCUT2D eigenvalue weighted by Crippen LogP contribution is 2.32. The number of carbonyl (C=O) groups is 2. The Bertz CT molecular complexity index is 1030. The molecule has 1 fully saturated rings. The third-order valence-electron chi connectivity index (χ3n) is 5.66. The standard InChI is InChI=1S/C25H25FN2O2S/c1-17-8-10-18(11-9-17)23(24(29)27-20-5-2-3-6-20)28(21-14-12-19(26)13-15-21)25(30)22-7-4-16-31-22/h4,7-16,20,23H,2-3,5-6H2,1H3,(H,27,29). The smallest absolute Gasteiger partial charge is 0.269 e. The number of rotatable bonds is 6. The van der Waals surface area contributed by atoms with Gasteiger partial charge in [0.1, 0.15) is 11.9 Å². The van der Waals surface area contributed by atoms with E-state index in [2.05, 4.69) is 5.32 Å². The van der Waals surface area contributed by atoms with Crippen LogP contribution in [0.1, 0.15) is 52.5 Å². The summed E-state index contributed by atoms with van der Waals surface area (Å²) in [6.45, 7) is 1.98. The molecule has 1 unspecified atom stereocenters. The number of anilines is 1. The summed E-state index contributed by atoms with van der Waals surface area (Å²) in [5, 5.41) is 4.98. The van der Waals surface area contributed by atoms with Gasteiger partial charge in [-0.2, -0.15) is 0 Å². The van der Waals surface area contributed by atoms with Gasteiger partial charge in [-0.05, 0) is 61.0 Å². The first-order chi connectivity index (χ1) is 15.0. The molecular weight excluding hydrogens is 411 g/mol. The van der Waals surface area contributed by atoms with Gasteiger partial charge >= 0.3 is 0 Å². The van der Waals surface area contributed by atoms with Gasteiger partial charge in [-0.15, -0.1) is 11.3 Å². The van der Waals surface area contributed by atoms with E-state index in [0.29, 0.717) is 10.6 Å². The molecule has 1 saturated carbocycles. The van der Waals surface area contributed by atoms with E-state index in [1.807, 2.05) is 36.6 Å². The van der Waals surface area contributed by atoms with Gasteiger partial charge in [-0.25, -0.2) is 4.39 Å². The molecule has 0 spiro atoms. The van der Waals surface area contributed by atoms with Crippen LogP contribution in [-0.2, 0) is 4.79 Å². The maximum absolute atomic E-state index is 13.6. The number of benzene rings is 2. The van der Waals surface area contributed by atoms with Crippen molar-refractivity contribution in [2.75, 3.05) is 4.90 Å². The number of nitrogens with zero attached hydrogens (tertiary/aromatic N) is 1. The second-order valence-electron chi connectivity index (χ2n) is 7.93. The zero-order valence-electron chi connectivity index (χ0n) is 17.4. The normalized spacial score (nSPS) is 14.9. The molecule has 6 heteroatoms. The molecule has 1 heterocycles. The van der Waals surface area contributed by atoms with Crippen LogP contribution >= 0.6 is 11.3 Å². The first-order valence-corrected chi connectivity index (χ1v) is 11.4. The van der Waals surface area contributed by atoms with Gasteiger partial charge in [-0.1, -0.05) is 48.7 Å². The number of carbonyl (C=O) groups excluding carboxylic acids is 2. The van der Waals surface area contributed by atoms with E-state index in [9.17, 15) is 14.0 Å². The van der Waals surface area contributed by atoms with Crippen molar-refractivity contribution >= 4 is 28.8 Å². The molecule has 2 amide bonds. The Kier molecular flexibility index (Phi) is 6.47. The van der Waals surface area contributed by atoms with E-state index < -0.39 is 11.9 Å². The zero-order chi connectivity index (χ0) is 21.8. The summed E-state index contributed by atoms with van der Waals surface area (Å²) in [5.41, 5.74) is 2.26. The van der Waals surface area contributed by atoms with Crippen LogP contribution in [0.3, 0.4) is 0 Å². The summed E-state index contributed by atoms with van der Waals surface area (Å²) in [5.74, 6) is -0.895. The van der Waals surface area contributed by atoms with E-state index in [0.717, 1.165) is 36.8 Å². The highest BCUT2D eigenvalue weighted by atomic mass is 32.1. The Morgan fingerprint density at radius 2 is 1.71 bits per heavy atom. The maximum Gasteiger partial charge on any atom is 0.269 e. The number of halogens is 1. The fraction of sp³-hybridized carbons (Fsp3) is 0.280. The molecule has 4 rings (SSSR count). The highest BCUT2D eigenvalue weighted by Gasteiger charge is 2.35. The van der Waals surface area contributed by atoms with Crippen molar-refractivity contribution in [3.63, 3.8) is 0 Å². The molecule has 160 valence electrons. The number of hydrogen-bond acceptors (Lipinski definition) is 3. The van der Waals surface area contributed by atoms with Gasteiger partial charge in [0.2, 0.25) is 5.91 Å². The van der Waals surface area contributed by atoms with E-state index in [4.69, 9.17) is 0 Å². The second kappa shape index (κ2) is 9.43. The molecule has 0 saturated heterocycles. The Hall–Kier alpha value is -2.99. The molecule has 0 aliphatic heterocycles. The fourth-order valence-electron chi connectivity index (χ4n) is 4.02. The lowest BCUT2D eigenvalue weighted by molar-refractivity contribution is -0.123. The monoisotopic (exact) mass is 436 g/mol. The molecule has 1 N–H and O–H groups in total. The minimum absolute atomic E-state index is 0.118. The first-order valence-electron chi connectivity index (χ1n) is 10.5. The molecule has 1 aromatic heterocycles. The summed E-state index contributed by atoms with van der Waals surface area (Å²) in [4.78, 5) is 29.2. The second-order valence-corrected chi connectivity index (χ2v) is 8.88. The van der Waals surface area contributed by atoms with Crippen molar-refractivity contribution < 1.29 is 14.0 Å². The van der Waals surface area contributed by atoms with Crippen LogP contribution in [0.25, 0.3) is 0 Å². The van der Waals surface area contributed by atoms with Gasteiger partial charge in [-0.3, -0.25) is 14.5 Å². The Morgan fingerprint density at radius 3 is 2.32 bits per heavy atom. The lowest BCUT2D eigenvalue weighted by atomic mass is 10.0. The zero-order valence-corrected chi connectivity index (χ0v) is 18.2. The van der Waals surface area contributed by atoms with Gasteiger partial charge in [0.25, 0.3) is 5.91 Å². The predicted octanol–water partition coefficient (Wildman–Crippen LogP) is 5.64. The van der Waals surface area contributed by atoms with Crippen molar-refractivity contribution in [3.8, 4) is 0 Å². The molecule has 4 nitrogen and oxygen atoms in total.